The average molecular weight is 342 g/mol. The number of hydrogen-bond acceptors (Lipinski definition) is 2. The molecule has 0 aliphatic rings. The number of alkyl halides is 1. The molecule has 1 unspecified atom stereocenters. The van der Waals surface area contributed by atoms with Crippen LogP contribution in [0.5, 0.6) is 0 Å². The summed E-state index contributed by atoms with van der Waals surface area (Å²) in [4.78, 5) is 11.6. The fourth-order valence-electron chi connectivity index (χ4n) is 2.01. The first-order valence-electron chi connectivity index (χ1n) is 6.10. The van der Waals surface area contributed by atoms with Crippen LogP contribution >= 0.6 is 27.5 Å². The molecule has 19 heavy (non-hydrogen) atoms. The van der Waals surface area contributed by atoms with Crippen molar-refractivity contribution < 1.29 is 9.53 Å². The molecule has 1 atom stereocenters. The van der Waals surface area contributed by atoms with Gasteiger partial charge in [0.2, 0.25) is 0 Å². The van der Waals surface area contributed by atoms with Crippen LogP contribution in [0.25, 0.3) is 10.8 Å². The summed E-state index contributed by atoms with van der Waals surface area (Å²) in [6, 6.07) is 12.0. The fraction of sp³-hybridized carbons (Fsp3) is 0.267. The maximum absolute atomic E-state index is 11.6. The summed E-state index contributed by atoms with van der Waals surface area (Å²) < 4.78 is 5.97. The zero-order valence-electron chi connectivity index (χ0n) is 10.5. The normalized spacial score (nSPS) is 12.4. The van der Waals surface area contributed by atoms with E-state index in [0.717, 1.165) is 20.8 Å². The molecule has 0 saturated heterocycles. The summed E-state index contributed by atoms with van der Waals surface area (Å²) >= 11 is 9.62. The largest absolute Gasteiger partial charge is 0.465 e. The Labute approximate surface area is 125 Å². The van der Waals surface area contributed by atoms with Gasteiger partial charge in [0.15, 0.2) is 0 Å². The highest BCUT2D eigenvalue weighted by molar-refractivity contribution is 9.10. The lowest BCUT2D eigenvalue weighted by molar-refractivity contribution is -0.142. The molecule has 0 spiro atoms. The number of esters is 1. The Morgan fingerprint density at radius 3 is 2.63 bits per heavy atom. The van der Waals surface area contributed by atoms with Gasteiger partial charge in [-0.25, -0.2) is 0 Å². The number of fused-ring (bicyclic) bond motifs is 1. The number of halogens is 2. The zero-order chi connectivity index (χ0) is 13.8. The van der Waals surface area contributed by atoms with Crippen LogP contribution in [0.15, 0.2) is 40.9 Å². The van der Waals surface area contributed by atoms with Crippen LogP contribution < -0.4 is 0 Å². The van der Waals surface area contributed by atoms with E-state index in [1.807, 2.05) is 36.4 Å². The summed E-state index contributed by atoms with van der Waals surface area (Å²) in [5.74, 6) is -0.365. The molecule has 2 nitrogen and oxygen atoms in total. The van der Waals surface area contributed by atoms with E-state index in [1.54, 1.807) is 6.92 Å². The van der Waals surface area contributed by atoms with Crippen molar-refractivity contribution in [2.75, 3.05) is 6.61 Å². The van der Waals surface area contributed by atoms with Gasteiger partial charge in [-0.3, -0.25) is 4.79 Å². The molecule has 0 aliphatic carbocycles. The van der Waals surface area contributed by atoms with Crippen molar-refractivity contribution in [3.63, 3.8) is 0 Å². The van der Waals surface area contributed by atoms with Gasteiger partial charge < -0.3 is 4.74 Å². The van der Waals surface area contributed by atoms with Crippen molar-refractivity contribution >= 4 is 44.3 Å². The molecule has 0 radical (unpaired) electrons. The van der Waals surface area contributed by atoms with Gasteiger partial charge in [-0.1, -0.05) is 46.3 Å². The fourth-order valence-corrected chi connectivity index (χ4v) is 2.72. The Hall–Kier alpha value is -1.06. The van der Waals surface area contributed by atoms with Crippen molar-refractivity contribution in [3.05, 3.63) is 46.4 Å². The van der Waals surface area contributed by atoms with Gasteiger partial charge in [0.1, 0.15) is 5.38 Å². The van der Waals surface area contributed by atoms with Crippen molar-refractivity contribution in [3.8, 4) is 0 Å². The van der Waals surface area contributed by atoms with Gasteiger partial charge in [0.05, 0.1) is 6.61 Å². The maximum atomic E-state index is 11.6. The molecule has 2 aromatic rings. The standard InChI is InChI=1S/C15H14BrClO2/c1-2-19-15(18)14(17)9-10-7-8-13(16)12-6-4-3-5-11(10)12/h3-8,14H,2,9H2,1H3. The molecule has 0 heterocycles. The van der Waals surface area contributed by atoms with Gasteiger partial charge >= 0.3 is 5.97 Å². The molecule has 0 N–H and O–H groups in total. The van der Waals surface area contributed by atoms with Crippen LogP contribution in [0.2, 0.25) is 0 Å². The van der Waals surface area contributed by atoms with E-state index >= 15 is 0 Å². The molecule has 100 valence electrons. The van der Waals surface area contributed by atoms with E-state index in [2.05, 4.69) is 15.9 Å². The third-order valence-corrected chi connectivity index (χ3v) is 3.93. The molecule has 4 heteroatoms. The van der Waals surface area contributed by atoms with Crippen molar-refractivity contribution in [2.24, 2.45) is 0 Å². The number of benzene rings is 2. The van der Waals surface area contributed by atoms with Crippen molar-refractivity contribution in [1.82, 2.24) is 0 Å². The predicted octanol–water partition coefficient (Wildman–Crippen LogP) is 4.32. The topological polar surface area (TPSA) is 26.3 Å². The second kappa shape index (κ2) is 6.40. The van der Waals surface area contributed by atoms with E-state index in [9.17, 15) is 4.79 Å². The third kappa shape index (κ3) is 3.28. The van der Waals surface area contributed by atoms with E-state index < -0.39 is 5.38 Å². The van der Waals surface area contributed by atoms with Crippen LogP contribution in [0.3, 0.4) is 0 Å². The van der Waals surface area contributed by atoms with Crippen LogP contribution in [0.1, 0.15) is 12.5 Å². The minimum Gasteiger partial charge on any atom is -0.465 e. The van der Waals surface area contributed by atoms with Crippen LogP contribution in [0, 0.1) is 0 Å². The van der Waals surface area contributed by atoms with E-state index in [1.165, 1.54) is 0 Å². The summed E-state index contributed by atoms with van der Waals surface area (Å²) in [5.41, 5.74) is 1.05. The lowest BCUT2D eigenvalue weighted by Gasteiger charge is -2.11. The Morgan fingerprint density at radius 2 is 1.95 bits per heavy atom. The summed E-state index contributed by atoms with van der Waals surface area (Å²) in [6.07, 6.45) is 0.466. The number of carbonyl (C=O) groups is 1. The summed E-state index contributed by atoms with van der Waals surface area (Å²) in [5, 5.41) is 1.57. The first kappa shape index (κ1) is 14.4. The molecule has 0 fully saturated rings. The van der Waals surface area contributed by atoms with Crippen LogP contribution in [0.4, 0.5) is 0 Å². The quantitative estimate of drug-likeness (QED) is 0.611. The molecule has 0 bridgehead atoms. The predicted molar refractivity (Wildman–Crippen MR) is 81.6 cm³/mol. The second-order valence-corrected chi connectivity index (χ2v) is 5.56. The molecular weight excluding hydrogens is 328 g/mol. The molecule has 0 saturated carbocycles. The van der Waals surface area contributed by atoms with Gasteiger partial charge in [-0.05, 0) is 29.3 Å². The molecule has 0 amide bonds. The Morgan fingerprint density at radius 1 is 1.26 bits per heavy atom. The molecule has 0 aliphatic heterocycles. The first-order chi connectivity index (χ1) is 9.13. The van der Waals surface area contributed by atoms with Crippen molar-refractivity contribution in [1.29, 1.82) is 0 Å². The molecule has 2 aromatic carbocycles. The Balaban J connectivity index is 2.31. The summed E-state index contributed by atoms with van der Waals surface area (Å²) in [7, 11) is 0. The van der Waals surface area contributed by atoms with Crippen LogP contribution in [-0.4, -0.2) is 18.0 Å². The van der Waals surface area contributed by atoms with E-state index in [0.29, 0.717) is 13.0 Å². The minimum absolute atomic E-state index is 0.350. The summed E-state index contributed by atoms with van der Waals surface area (Å²) in [6.45, 7) is 2.12. The van der Waals surface area contributed by atoms with Crippen molar-refractivity contribution in [2.45, 2.75) is 18.7 Å². The van der Waals surface area contributed by atoms with Crippen LogP contribution in [-0.2, 0) is 16.0 Å². The molecular formula is C15H14BrClO2. The highest BCUT2D eigenvalue weighted by Gasteiger charge is 2.18. The van der Waals surface area contributed by atoms with Gasteiger partial charge in [-0.15, -0.1) is 11.6 Å². The highest BCUT2D eigenvalue weighted by atomic mass is 79.9. The average Bonchev–Trinajstić information content (AvgIpc) is 2.42. The SMILES string of the molecule is CCOC(=O)C(Cl)Cc1ccc(Br)c2ccccc12. The number of rotatable bonds is 4. The highest BCUT2D eigenvalue weighted by Crippen LogP contribution is 2.28. The monoisotopic (exact) mass is 340 g/mol. The molecule has 0 aromatic heterocycles. The maximum Gasteiger partial charge on any atom is 0.324 e. The lowest BCUT2D eigenvalue weighted by Crippen LogP contribution is -2.20. The minimum atomic E-state index is -0.649. The first-order valence-corrected chi connectivity index (χ1v) is 7.33. The van der Waals surface area contributed by atoms with Gasteiger partial charge in [0.25, 0.3) is 0 Å². The zero-order valence-corrected chi connectivity index (χ0v) is 12.9. The van der Waals surface area contributed by atoms with E-state index in [4.69, 9.17) is 16.3 Å². The number of hydrogen-bond donors (Lipinski definition) is 0. The van der Waals surface area contributed by atoms with Gasteiger partial charge in [-0.2, -0.15) is 0 Å². The Kier molecular flexibility index (Phi) is 4.83. The Bertz CT molecular complexity index is 598. The smallest absolute Gasteiger partial charge is 0.324 e. The lowest BCUT2D eigenvalue weighted by atomic mass is 10.0. The second-order valence-electron chi connectivity index (χ2n) is 4.18. The number of carbonyl (C=O) groups excluding carboxylic acids is 1. The van der Waals surface area contributed by atoms with Gasteiger partial charge in [0, 0.05) is 10.9 Å². The van der Waals surface area contributed by atoms with E-state index in [-0.39, 0.29) is 5.97 Å². The molecule has 2 rings (SSSR count). The third-order valence-electron chi connectivity index (χ3n) is 2.90. The number of ether oxygens (including phenoxy) is 1.